The number of nitro benzene ring substituents is 1. The third kappa shape index (κ3) is 3.10. The minimum absolute atomic E-state index is 0.0555. The van der Waals surface area contributed by atoms with Crippen molar-refractivity contribution in [3.8, 4) is 11.5 Å². The van der Waals surface area contributed by atoms with Crippen molar-refractivity contribution in [2.75, 3.05) is 0 Å². The Hall–Kier alpha value is -2.47. The average molecular weight is 274 g/mol. The highest BCUT2D eigenvalue weighted by Gasteiger charge is 2.11. The topological polar surface area (TPSA) is 85.5 Å². The van der Waals surface area contributed by atoms with Crippen molar-refractivity contribution < 1.29 is 14.8 Å². The van der Waals surface area contributed by atoms with Crippen LogP contribution in [0.15, 0.2) is 36.5 Å². The molecule has 0 fully saturated rings. The van der Waals surface area contributed by atoms with Gasteiger partial charge in [-0.3, -0.25) is 15.1 Å². The quantitative estimate of drug-likeness (QED) is 0.683. The molecule has 0 radical (unpaired) electrons. The Labute approximate surface area is 115 Å². The molecule has 20 heavy (non-hydrogen) atoms. The number of nitro groups is 1. The van der Waals surface area contributed by atoms with E-state index in [0.717, 1.165) is 0 Å². The lowest BCUT2D eigenvalue weighted by Crippen LogP contribution is -1.95. The lowest BCUT2D eigenvalue weighted by molar-refractivity contribution is -0.385. The molecule has 2 rings (SSSR count). The number of pyridine rings is 1. The summed E-state index contributed by atoms with van der Waals surface area (Å²) < 4.78 is 5.56. The maximum Gasteiger partial charge on any atom is 0.272 e. The van der Waals surface area contributed by atoms with Gasteiger partial charge in [-0.15, -0.1) is 0 Å². The monoisotopic (exact) mass is 274 g/mol. The molecule has 0 bridgehead atoms. The minimum Gasteiger partial charge on any atom is -0.456 e. The summed E-state index contributed by atoms with van der Waals surface area (Å²) in [5.41, 5.74) is 1.14. The Balaban J connectivity index is 2.17. The molecule has 0 saturated heterocycles. The van der Waals surface area contributed by atoms with Crippen LogP contribution in [0.2, 0.25) is 0 Å². The van der Waals surface area contributed by atoms with Gasteiger partial charge in [0.15, 0.2) is 0 Å². The van der Waals surface area contributed by atoms with Crippen molar-refractivity contribution >= 4 is 5.69 Å². The van der Waals surface area contributed by atoms with Crippen LogP contribution >= 0.6 is 0 Å². The van der Waals surface area contributed by atoms with E-state index < -0.39 is 11.0 Å². The summed E-state index contributed by atoms with van der Waals surface area (Å²) >= 11 is 0. The standard InChI is InChI=1S/C14H14N2O4/c1-9-7-11(4-6-14(9)16(18)19)20-12-3-5-13(10(2)17)15-8-12/h3-8,10,17H,1-2H3/t10-/m1/s1. The van der Waals surface area contributed by atoms with E-state index in [9.17, 15) is 15.2 Å². The number of rotatable bonds is 4. The van der Waals surface area contributed by atoms with Crippen LogP contribution in [0.1, 0.15) is 24.3 Å². The van der Waals surface area contributed by atoms with Crippen molar-refractivity contribution in [1.82, 2.24) is 4.98 Å². The first kappa shape index (κ1) is 14.0. The van der Waals surface area contributed by atoms with Gasteiger partial charge >= 0.3 is 0 Å². The summed E-state index contributed by atoms with van der Waals surface area (Å²) in [5.74, 6) is 1.00. The second-order valence-electron chi connectivity index (χ2n) is 4.40. The molecule has 2 aromatic rings. The fraction of sp³-hybridized carbons (Fsp3) is 0.214. The normalized spacial score (nSPS) is 11.9. The summed E-state index contributed by atoms with van der Waals surface area (Å²) in [4.78, 5) is 14.4. The summed E-state index contributed by atoms with van der Waals surface area (Å²) in [7, 11) is 0. The van der Waals surface area contributed by atoms with Gasteiger partial charge in [-0.25, -0.2) is 0 Å². The molecule has 0 unspecified atom stereocenters. The largest absolute Gasteiger partial charge is 0.456 e. The number of ether oxygens (including phenoxy) is 1. The van der Waals surface area contributed by atoms with Crippen LogP contribution in [0.4, 0.5) is 5.69 Å². The van der Waals surface area contributed by atoms with E-state index >= 15 is 0 Å². The molecule has 0 saturated carbocycles. The molecular formula is C14H14N2O4. The van der Waals surface area contributed by atoms with Gasteiger partial charge in [0, 0.05) is 11.6 Å². The van der Waals surface area contributed by atoms with Gasteiger partial charge in [-0.1, -0.05) is 0 Å². The first-order valence-electron chi connectivity index (χ1n) is 6.04. The Morgan fingerprint density at radius 2 is 2.00 bits per heavy atom. The lowest BCUT2D eigenvalue weighted by atomic mass is 10.2. The molecule has 104 valence electrons. The second kappa shape index (κ2) is 5.66. The van der Waals surface area contributed by atoms with Crippen molar-refractivity contribution in [3.05, 3.63) is 57.9 Å². The number of hydrogen-bond donors (Lipinski definition) is 1. The molecule has 6 nitrogen and oxygen atoms in total. The first-order valence-corrected chi connectivity index (χ1v) is 6.04. The molecule has 1 N–H and O–H groups in total. The van der Waals surface area contributed by atoms with Gasteiger partial charge in [-0.05, 0) is 38.1 Å². The molecular weight excluding hydrogens is 260 g/mol. The molecule has 0 aliphatic carbocycles. The third-order valence-electron chi connectivity index (χ3n) is 2.79. The van der Waals surface area contributed by atoms with Gasteiger partial charge in [-0.2, -0.15) is 0 Å². The van der Waals surface area contributed by atoms with E-state index in [2.05, 4.69) is 4.98 Å². The SMILES string of the molecule is Cc1cc(Oc2ccc([C@@H](C)O)nc2)ccc1[N+](=O)[O-]. The Bertz CT molecular complexity index is 624. The van der Waals surface area contributed by atoms with E-state index in [1.165, 1.54) is 18.3 Å². The highest BCUT2D eigenvalue weighted by Crippen LogP contribution is 2.27. The summed E-state index contributed by atoms with van der Waals surface area (Å²) in [5, 5.41) is 20.1. The molecule has 6 heteroatoms. The van der Waals surface area contributed by atoms with E-state index in [0.29, 0.717) is 22.8 Å². The van der Waals surface area contributed by atoms with Crippen molar-refractivity contribution in [2.45, 2.75) is 20.0 Å². The summed E-state index contributed by atoms with van der Waals surface area (Å²) in [6, 6.07) is 7.89. The van der Waals surface area contributed by atoms with Crippen LogP contribution in [-0.4, -0.2) is 15.0 Å². The Kier molecular flexibility index (Phi) is 3.95. The molecule has 0 spiro atoms. The van der Waals surface area contributed by atoms with E-state index in [4.69, 9.17) is 4.74 Å². The highest BCUT2D eigenvalue weighted by atomic mass is 16.6. The molecule has 0 aliphatic rings. The van der Waals surface area contributed by atoms with Gasteiger partial charge in [0.2, 0.25) is 0 Å². The third-order valence-corrected chi connectivity index (χ3v) is 2.79. The van der Waals surface area contributed by atoms with Gasteiger partial charge < -0.3 is 9.84 Å². The highest BCUT2D eigenvalue weighted by molar-refractivity contribution is 5.45. The maximum absolute atomic E-state index is 10.7. The van der Waals surface area contributed by atoms with Crippen LogP contribution in [0, 0.1) is 17.0 Å². The fourth-order valence-electron chi connectivity index (χ4n) is 1.73. The molecule has 1 heterocycles. The number of aliphatic hydroxyl groups excluding tert-OH is 1. The molecule has 1 aromatic carbocycles. The number of benzene rings is 1. The molecule has 1 atom stereocenters. The molecule has 0 amide bonds. The van der Waals surface area contributed by atoms with Gasteiger partial charge in [0.1, 0.15) is 11.5 Å². The van der Waals surface area contributed by atoms with Crippen LogP contribution < -0.4 is 4.74 Å². The zero-order chi connectivity index (χ0) is 14.7. The predicted molar refractivity (Wildman–Crippen MR) is 72.8 cm³/mol. The fourth-order valence-corrected chi connectivity index (χ4v) is 1.73. The van der Waals surface area contributed by atoms with Crippen LogP contribution in [0.5, 0.6) is 11.5 Å². The molecule has 1 aromatic heterocycles. The van der Waals surface area contributed by atoms with Crippen molar-refractivity contribution in [3.63, 3.8) is 0 Å². The van der Waals surface area contributed by atoms with E-state index in [1.807, 2.05) is 0 Å². The Morgan fingerprint density at radius 3 is 2.50 bits per heavy atom. The average Bonchev–Trinajstić information content (AvgIpc) is 2.39. The summed E-state index contributed by atoms with van der Waals surface area (Å²) in [6.45, 7) is 3.28. The zero-order valence-electron chi connectivity index (χ0n) is 11.1. The number of aliphatic hydroxyl groups is 1. The summed E-state index contributed by atoms with van der Waals surface area (Å²) in [6.07, 6.45) is 0.865. The number of nitrogens with zero attached hydrogens (tertiary/aromatic N) is 2. The Morgan fingerprint density at radius 1 is 1.30 bits per heavy atom. The smallest absolute Gasteiger partial charge is 0.272 e. The van der Waals surface area contributed by atoms with Crippen molar-refractivity contribution in [1.29, 1.82) is 0 Å². The second-order valence-corrected chi connectivity index (χ2v) is 4.40. The van der Waals surface area contributed by atoms with Crippen LogP contribution in [0.3, 0.4) is 0 Å². The zero-order valence-corrected chi connectivity index (χ0v) is 11.1. The van der Waals surface area contributed by atoms with E-state index in [-0.39, 0.29) is 5.69 Å². The maximum atomic E-state index is 10.7. The van der Waals surface area contributed by atoms with Crippen molar-refractivity contribution in [2.24, 2.45) is 0 Å². The number of aryl methyl sites for hydroxylation is 1. The van der Waals surface area contributed by atoms with Crippen LogP contribution in [0.25, 0.3) is 0 Å². The predicted octanol–water partition coefficient (Wildman–Crippen LogP) is 3.14. The first-order chi connectivity index (χ1) is 9.47. The lowest BCUT2D eigenvalue weighted by Gasteiger charge is -2.08. The molecule has 0 aliphatic heterocycles. The minimum atomic E-state index is -0.634. The number of aromatic nitrogens is 1. The van der Waals surface area contributed by atoms with Crippen LogP contribution in [-0.2, 0) is 0 Å². The van der Waals surface area contributed by atoms with Gasteiger partial charge in [0.05, 0.1) is 22.9 Å². The van der Waals surface area contributed by atoms with E-state index in [1.54, 1.807) is 32.0 Å². The van der Waals surface area contributed by atoms with Gasteiger partial charge in [0.25, 0.3) is 5.69 Å². The number of hydrogen-bond acceptors (Lipinski definition) is 5.